The van der Waals surface area contributed by atoms with E-state index < -0.39 is 0 Å². The fraction of sp³-hybridized carbons (Fsp3) is 0.333. The molecule has 0 radical (unpaired) electrons. The number of amides is 1. The van der Waals surface area contributed by atoms with Crippen LogP contribution < -0.4 is 11.1 Å². The molecule has 1 unspecified atom stereocenters. The Labute approximate surface area is 99.6 Å². The third-order valence-electron chi connectivity index (χ3n) is 2.67. The van der Waals surface area contributed by atoms with Gasteiger partial charge in [0.25, 0.3) is 0 Å². The molecule has 0 aliphatic heterocycles. The number of anilines is 1. The summed E-state index contributed by atoms with van der Waals surface area (Å²) in [4.78, 5) is 15.3. The number of benzene rings is 1. The van der Waals surface area contributed by atoms with Crippen molar-refractivity contribution < 1.29 is 4.79 Å². The number of hydrogen-bond acceptors (Lipinski definition) is 3. The standard InChI is InChI=1S/C12H16N4O/c1-8(7-11(13)17)14-12-15-9-5-3-4-6-10(9)16(12)2/h3-6,8H,7H2,1-2H3,(H2,13,17)(H,14,15). The van der Waals surface area contributed by atoms with E-state index in [4.69, 9.17) is 5.73 Å². The minimum atomic E-state index is -0.316. The van der Waals surface area contributed by atoms with Crippen molar-refractivity contribution in [2.45, 2.75) is 19.4 Å². The molecule has 0 aliphatic carbocycles. The number of nitrogens with two attached hydrogens (primary N) is 1. The lowest BCUT2D eigenvalue weighted by molar-refractivity contribution is -0.118. The highest BCUT2D eigenvalue weighted by molar-refractivity contribution is 5.79. The van der Waals surface area contributed by atoms with Gasteiger partial charge in [0.05, 0.1) is 11.0 Å². The molecule has 0 aliphatic rings. The summed E-state index contributed by atoms with van der Waals surface area (Å²) in [5.41, 5.74) is 7.14. The minimum absolute atomic E-state index is 0.0250. The number of rotatable bonds is 4. The molecule has 1 aromatic carbocycles. The lowest BCUT2D eigenvalue weighted by Gasteiger charge is -2.12. The van der Waals surface area contributed by atoms with Crippen molar-refractivity contribution in [3.8, 4) is 0 Å². The van der Waals surface area contributed by atoms with E-state index in [0.29, 0.717) is 6.42 Å². The van der Waals surface area contributed by atoms with E-state index in [1.165, 1.54) is 0 Å². The smallest absolute Gasteiger partial charge is 0.219 e. The van der Waals surface area contributed by atoms with Crippen LogP contribution in [0, 0.1) is 0 Å². The lowest BCUT2D eigenvalue weighted by atomic mass is 10.2. The zero-order valence-electron chi connectivity index (χ0n) is 9.97. The summed E-state index contributed by atoms with van der Waals surface area (Å²) in [6.45, 7) is 1.91. The fourth-order valence-corrected chi connectivity index (χ4v) is 1.85. The number of para-hydroxylation sites is 2. The Balaban J connectivity index is 2.24. The second-order valence-corrected chi connectivity index (χ2v) is 4.20. The second kappa shape index (κ2) is 4.45. The molecule has 0 saturated carbocycles. The summed E-state index contributed by atoms with van der Waals surface area (Å²) >= 11 is 0. The summed E-state index contributed by atoms with van der Waals surface area (Å²) in [6, 6.07) is 7.86. The van der Waals surface area contributed by atoms with Gasteiger partial charge in [-0.15, -0.1) is 0 Å². The van der Waals surface area contributed by atoms with Gasteiger partial charge in [0.1, 0.15) is 0 Å². The largest absolute Gasteiger partial charge is 0.370 e. The number of primary amides is 1. The molecule has 2 rings (SSSR count). The fourth-order valence-electron chi connectivity index (χ4n) is 1.85. The normalized spacial score (nSPS) is 12.6. The SMILES string of the molecule is CC(CC(N)=O)Nc1nc2ccccc2n1C. The molecule has 1 heterocycles. The first-order chi connectivity index (χ1) is 8.08. The summed E-state index contributed by atoms with van der Waals surface area (Å²) in [7, 11) is 1.94. The molecule has 0 bridgehead atoms. The Morgan fingerprint density at radius 1 is 1.53 bits per heavy atom. The third kappa shape index (κ3) is 2.38. The van der Waals surface area contributed by atoms with Crippen LogP contribution >= 0.6 is 0 Å². The number of nitrogens with one attached hydrogen (secondary N) is 1. The molecule has 17 heavy (non-hydrogen) atoms. The molecule has 1 atom stereocenters. The number of fused-ring (bicyclic) bond motifs is 1. The van der Waals surface area contributed by atoms with Gasteiger partial charge < -0.3 is 15.6 Å². The molecule has 1 amide bonds. The highest BCUT2D eigenvalue weighted by atomic mass is 16.1. The Kier molecular flexibility index (Phi) is 2.99. The predicted molar refractivity (Wildman–Crippen MR) is 67.6 cm³/mol. The summed E-state index contributed by atoms with van der Waals surface area (Å²) < 4.78 is 1.97. The molecular weight excluding hydrogens is 216 g/mol. The molecular formula is C12H16N4O. The van der Waals surface area contributed by atoms with Crippen molar-refractivity contribution in [1.82, 2.24) is 9.55 Å². The number of carbonyl (C=O) groups excluding carboxylic acids is 1. The molecule has 5 heteroatoms. The lowest BCUT2D eigenvalue weighted by Crippen LogP contribution is -2.25. The minimum Gasteiger partial charge on any atom is -0.370 e. The predicted octanol–water partition coefficient (Wildman–Crippen LogP) is 1.25. The molecule has 3 N–H and O–H groups in total. The molecule has 0 spiro atoms. The maximum Gasteiger partial charge on any atom is 0.219 e. The first kappa shape index (κ1) is 11.4. The van der Waals surface area contributed by atoms with Crippen molar-refractivity contribution in [1.29, 1.82) is 0 Å². The number of carbonyl (C=O) groups is 1. The second-order valence-electron chi connectivity index (χ2n) is 4.20. The van der Waals surface area contributed by atoms with Gasteiger partial charge in [-0.2, -0.15) is 0 Å². The number of hydrogen-bond donors (Lipinski definition) is 2. The molecule has 90 valence electrons. The van der Waals surface area contributed by atoms with Gasteiger partial charge in [-0.25, -0.2) is 4.98 Å². The van der Waals surface area contributed by atoms with Crippen molar-refractivity contribution in [3.63, 3.8) is 0 Å². The molecule has 5 nitrogen and oxygen atoms in total. The van der Waals surface area contributed by atoms with E-state index in [9.17, 15) is 4.79 Å². The molecule has 0 fully saturated rings. The Morgan fingerprint density at radius 3 is 2.88 bits per heavy atom. The highest BCUT2D eigenvalue weighted by Gasteiger charge is 2.11. The molecule has 2 aromatic rings. The van der Waals surface area contributed by atoms with Gasteiger partial charge >= 0.3 is 0 Å². The van der Waals surface area contributed by atoms with Crippen molar-refractivity contribution in [2.24, 2.45) is 12.8 Å². The summed E-state index contributed by atoms with van der Waals surface area (Å²) in [5.74, 6) is 0.434. The van der Waals surface area contributed by atoms with Crippen LogP contribution in [0.2, 0.25) is 0 Å². The van der Waals surface area contributed by atoms with Crippen LogP contribution in [0.15, 0.2) is 24.3 Å². The quantitative estimate of drug-likeness (QED) is 0.833. The van der Waals surface area contributed by atoms with Gasteiger partial charge in [0.15, 0.2) is 0 Å². The van der Waals surface area contributed by atoms with Crippen LogP contribution in [0.5, 0.6) is 0 Å². The van der Waals surface area contributed by atoms with Crippen LogP contribution in [0.4, 0.5) is 5.95 Å². The summed E-state index contributed by atoms with van der Waals surface area (Å²) in [6.07, 6.45) is 0.295. The van der Waals surface area contributed by atoms with E-state index in [0.717, 1.165) is 17.0 Å². The average molecular weight is 232 g/mol. The third-order valence-corrected chi connectivity index (χ3v) is 2.67. The van der Waals surface area contributed by atoms with E-state index in [2.05, 4.69) is 10.3 Å². The van der Waals surface area contributed by atoms with Gasteiger partial charge in [-0.1, -0.05) is 12.1 Å². The molecule has 1 aromatic heterocycles. The van der Waals surface area contributed by atoms with E-state index in [1.54, 1.807) is 0 Å². The first-order valence-electron chi connectivity index (χ1n) is 5.54. The van der Waals surface area contributed by atoms with Crippen molar-refractivity contribution in [2.75, 3.05) is 5.32 Å². The Morgan fingerprint density at radius 2 is 2.24 bits per heavy atom. The maximum absolute atomic E-state index is 10.8. The number of aromatic nitrogens is 2. The maximum atomic E-state index is 10.8. The number of aryl methyl sites for hydroxylation is 1. The zero-order valence-corrected chi connectivity index (χ0v) is 9.97. The van der Waals surface area contributed by atoms with Gasteiger partial charge in [0, 0.05) is 19.5 Å². The molecule has 0 saturated heterocycles. The monoisotopic (exact) mass is 232 g/mol. The van der Waals surface area contributed by atoms with Crippen molar-refractivity contribution >= 4 is 22.9 Å². The topological polar surface area (TPSA) is 72.9 Å². The summed E-state index contributed by atoms with van der Waals surface area (Å²) in [5, 5.41) is 3.18. The van der Waals surface area contributed by atoms with Gasteiger partial charge in [-0.3, -0.25) is 4.79 Å². The zero-order chi connectivity index (χ0) is 12.4. The van der Waals surface area contributed by atoms with Gasteiger partial charge in [-0.05, 0) is 19.1 Å². The highest BCUT2D eigenvalue weighted by Crippen LogP contribution is 2.18. The van der Waals surface area contributed by atoms with Crippen LogP contribution in [0.3, 0.4) is 0 Å². The van der Waals surface area contributed by atoms with E-state index >= 15 is 0 Å². The first-order valence-corrected chi connectivity index (χ1v) is 5.54. The van der Waals surface area contributed by atoms with E-state index in [1.807, 2.05) is 42.8 Å². The van der Waals surface area contributed by atoms with Crippen LogP contribution in [-0.4, -0.2) is 21.5 Å². The average Bonchev–Trinajstić information content (AvgIpc) is 2.55. The van der Waals surface area contributed by atoms with Crippen LogP contribution in [0.25, 0.3) is 11.0 Å². The number of nitrogens with zero attached hydrogens (tertiary/aromatic N) is 2. The van der Waals surface area contributed by atoms with Gasteiger partial charge in [0.2, 0.25) is 11.9 Å². The van der Waals surface area contributed by atoms with Crippen molar-refractivity contribution in [3.05, 3.63) is 24.3 Å². The Bertz CT molecular complexity index is 546. The number of imidazole rings is 1. The van der Waals surface area contributed by atoms with E-state index in [-0.39, 0.29) is 11.9 Å². The Hall–Kier alpha value is -2.04. The van der Waals surface area contributed by atoms with Crippen LogP contribution in [-0.2, 0) is 11.8 Å². The van der Waals surface area contributed by atoms with Crippen LogP contribution in [0.1, 0.15) is 13.3 Å².